The average Bonchev–Trinajstić information content (AvgIpc) is 3.16. The van der Waals surface area contributed by atoms with Gasteiger partial charge in [0, 0.05) is 5.75 Å². The summed E-state index contributed by atoms with van der Waals surface area (Å²) in [4.78, 5) is 28.0. The van der Waals surface area contributed by atoms with E-state index in [1.807, 2.05) is 0 Å². The lowest BCUT2D eigenvalue weighted by molar-refractivity contribution is -0.143. The summed E-state index contributed by atoms with van der Waals surface area (Å²) < 4.78 is 14.4. The highest BCUT2D eigenvalue weighted by atomic mass is 32.2. The highest BCUT2D eigenvalue weighted by Gasteiger charge is 2.44. The monoisotopic (exact) mass is 350 g/mol. The molecule has 9 heteroatoms. The molecule has 1 aromatic carbocycles. The second-order valence-corrected chi connectivity index (χ2v) is 6.62. The van der Waals surface area contributed by atoms with Gasteiger partial charge in [0.05, 0.1) is 5.69 Å². The van der Waals surface area contributed by atoms with Crippen LogP contribution in [0.4, 0.5) is 4.39 Å². The number of carbonyl (C=O) groups excluding carboxylic acids is 1. The molecule has 0 radical (unpaired) electrons. The SMILES string of the molecule is Cc1nc(C(=O)NC2(C(=O)O)CCSC2)nn1-c1ccc(F)cc1. The van der Waals surface area contributed by atoms with Crippen molar-refractivity contribution in [1.29, 1.82) is 0 Å². The normalized spacial score (nSPS) is 20.1. The van der Waals surface area contributed by atoms with Gasteiger partial charge in [-0.15, -0.1) is 5.10 Å². The van der Waals surface area contributed by atoms with E-state index in [1.165, 1.54) is 40.7 Å². The number of carboxylic acids is 1. The van der Waals surface area contributed by atoms with Gasteiger partial charge >= 0.3 is 5.97 Å². The Labute approximate surface area is 141 Å². The number of aryl methyl sites for hydroxylation is 1. The van der Waals surface area contributed by atoms with Crippen molar-refractivity contribution in [1.82, 2.24) is 20.1 Å². The second-order valence-electron chi connectivity index (χ2n) is 5.51. The van der Waals surface area contributed by atoms with Crippen LogP contribution in [0.1, 0.15) is 22.9 Å². The van der Waals surface area contributed by atoms with Crippen LogP contribution in [0.15, 0.2) is 24.3 Å². The van der Waals surface area contributed by atoms with Gasteiger partial charge in [0.25, 0.3) is 5.91 Å². The van der Waals surface area contributed by atoms with E-state index in [0.717, 1.165) is 0 Å². The van der Waals surface area contributed by atoms with E-state index in [2.05, 4.69) is 15.4 Å². The van der Waals surface area contributed by atoms with Crippen molar-refractivity contribution in [3.8, 4) is 5.69 Å². The van der Waals surface area contributed by atoms with Crippen LogP contribution in [0.3, 0.4) is 0 Å². The Balaban J connectivity index is 1.85. The molecule has 1 aromatic heterocycles. The fraction of sp³-hybridized carbons (Fsp3) is 0.333. The van der Waals surface area contributed by atoms with Gasteiger partial charge in [0.2, 0.25) is 5.82 Å². The van der Waals surface area contributed by atoms with E-state index >= 15 is 0 Å². The van der Waals surface area contributed by atoms with Crippen molar-refractivity contribution in [3.63, 3.8) is 0 Å². The van der Waals surface area contributed by atoms with Gasteiger partial charge in [-0.05, 0) is 43.4 Å². The molecule has 2 heterocycles. The molecular weight excluding hydrogens is 335 g/mol. The van der Waals surface area contributed by atoms with Crippen LogP contribution in [0, 0.1) is 12.7 Å². The maximum atomic E-state index is 13.0. The Kier molecular flexibility index (Phi) is 4.27. The number of amides is 1. The predicted octanol–water partition coefficient (Wildman–Crippen LogP) is 1.40. The largest absolute Gasteiger partial charge is 0.479 e. The number of hydrogen-bond donors (Lipinski definition) is 2. The zero-order valence-electron chi connectivity index (χ0n) is 12.8. The minimum atomic E-state index is -1.28. The molecule has 24 heavy (non-hydrogen) atoms. The molecule has 0 spiro atoms. The minimum absolute atomic E-state index is 0.116. The smallest absolute Gasteiger partial charge is 0.330 e. The summed E-state index contributed by atoms with van der Waals surface area (Å²) >= 11 is 1.48. The summed E-state index contributed by atoms with van der Waals surface area (Å²) in [5.41, 5.74) is -0.721. The first-order chi connectivity index (χ1) is 11.4. The third kappa shape index (κ3) is 2.99. The van der Waals surface area contributed by atoms with Crippen molar-refractivity contribution < 1.29 is 19.1 Å². The lowest BCUT2D eigenvalue weighted by Gasteiger charge is -2.23. The number of nitrogens with zero attached hydrogens (tertiary/aromatic N) is 3. The van der Waals surface area contributed by atoms with E-state index in [4.69, 9.17) is 0 Å². The molecule has 2 aromatic rings. The number of hydrogen-bond acceptors (Lipinski definition) is 5. The molecule has 1 saturated heterocycles. The van der Waals surface area contributed by atoms with Crippen LogP contribution in [-0.4, -0.2) is 48.8 Å². The zero-order valence-corrected chi connectivity index (χ0v) is 13.6. The van der Waals surface area contributed by atoms with Crippen molar-refractivity contribution >= 4 is 23.6 Å². The van der Waals surface area contributed by atoms with Gasteiger partial charge in [-0.25, -0.2) is 18.9 Å². The number of aliphatic carboxylic acids is 1. The molecular formula is C15H15FN4O3S. The maximum absolute atomic E-state index is 13.0. The van der Waals surface area contributed by atoms with E-state index in [9.17, 15) is 19.1 Å². The molecule has 0 bridgehead atoms. The van der Waals surface area contributed by atoms with Crippen LogP contribution in [0.25, 0.3) is 5.69 Å². The lowest BCUT2D eigenvalue weighted by atomic mass is 9.99. The van der Waals surface area contributed by atoms with Gasteiger partial charge in [-0.1, -0.05) is 0 Å². The fourth-order valence-corrected chi connectivity index (χ4v) is 3.80. The van der Waals surface area contributed by atoms with Gasteiger partial charge in [0.1, 0.15) is 17.2 Å². The Morgan fingerprint density at radius 3 is 2.67 bits per heavy atom. The van der Waals surface area contributed by atoms with E-state index in [1.54, 1.807) is 6.92 Å². The molecule has 2 N–H and O–H groups in total. The zero-order chi connectivity index (χ0) is 17.3. The summed E-state index contributed by atoms with van der Waals surface area (Å²) in [6.45, 7) is 1.66. The molecule has 3 rings (SSSR count). The third-order valence-electron chi connectivity index (χ3n) is 3.83. The molecule has 1 aliphatic rings. The average molecular weight is 350 g/mol. The van der Waals surface area contributed by atoms with Crippen LogP contribution in [0.5, 0.6) is 0 Å². The highest BCUT2D eigenvalue weighted by Crippen LogP contribution is 2.28. The van der Waals surface area contributed by atoms with E-state index in [-0.39, 0.29) is 11.6 Å². The quantitative estimate of drug-likeness (QED) is 0.865. The minimum Gasteiger partial charge on any atom is -0.479 e. The van der Waals surface area contributed by atoms with Gasteiger partial charge in [-0.3, -0.25) is 4.79 Å². The van der Waals surface area contributed by atoms with Crippen molar-refractivity contribution in [2.75, 3.05) is 11.5 Å². The van der Waals surface area contributed by atoms with E-state index in [0.29, 0.717) is 29.4 Å². The predicted molar refractivity (Wildman–Crippen MR) is 85.8 cm³/mol. The number of benzene rings is 1. The number of carbonyl (C=O) groups is 2. The number of halogens is 1. The first-order valence-electron chi connectivity index (χ1n) is 7.24. The lowest BCUT2D eigenvalue weighted by Crippen LogP contribution is -2.55. The second kappa shape index (κ2) is 6.23. The number of carboxylic acid groups (broad SMARTS) is 1. The molecule has 1 amide bonds. The molecule has 1 atom stereocenters. The molecule has 1 fully saturated rings. The van der Waals surface area contributed by atoms with Crippen LogP contribution < -0.4 is 5.32 Å². The summed E-state index contributed by atoms with van der Waals surface area (Å²) in [7, 11) is 0. The van der Waals surface area contributed by atoms with Gasteiger partial charge < -0.3 is 10.4 Å². The first kappa shape index (κ1) is 16.4. The molecule has 1 unspecified atom stereocenters. The summed E-state index contributed by atoms with van der Waals surface area (Å²) in [6, 6.07) is 5.60. The van der Waals surface area contributed by atoms with Crippen LogP contribution in [-0.2, 0) is 4.79 Å². The molecule has 0 saturated carbocycles. The van der Waals surface area contributed by atoms with Crippen molar-refractivity contribution in [3.05, 3.63) is 41.7 Å². The Hall–Kier alpha value is -2.42. The summed E-state index contributed by atoms with van der Waals surface area (Å²) in [5, 5.41) is 16.1. The number of rotatable bonds is 4. The first-order valence-corrected chi connectivity index (χ1v) is 8.40. The fourth-order valence-electron chi connectivity index (χ4n) is 2.47. The van der Waals surface area contributed by atoms with Crippen molar-refractivity contribution in [2.45, 2.75) is 18.9 Å². The number of thioether (sulfide) groups is 1. The number of aromatic nitrogens is 3. The maximum Gasteiger partial charge on any atom is 0.330 e. The van der Waals surface area contributed by atoms with E-state index < -0.39 is 17.4 Å². The standard InChI is InChI=1S/C15H15FN4O3S/c1-9-17-12(19-20(9)11-4-2-10(16)3-5-11)13(21)18-15(14(22)23)6-7-24-8-15/h2-5H,6-8H2,1H3,(H,18,21)(H,22,23). The summed E-state index contributed by atoms with van der Waals surface area (Å²) in [5.74, 6) is -0.767. The third-order valence-corrected chi connectivity index (χ3v) is 5.02. The van der Waals surface area contributed by atoms with Gasteiger partial charge in [0.15, 0.2) is 0 Å². The van der Waals surface area contributed by atoms with Gasteiger partial charge in [-0.2, -0.15) is 11.8 Å². The molecule has 1 aliphatic heterocycles. The van der Waals surface area contributed by atoms with Crippen LogP contribution >= 0.6 is 11.8 Å². The number of nitrogens with one attached hydrogen (secondary N) is 1. The molecule has 7 nitrogen and oxygen atoms in total. The molecule has 0 aliphatic carbocycles. The Morgan fingerprint density at radius 1 is 1.38 bits per heavy atom. The molecule has 126 valence electrons. The highest BCUT2D eigenvalue weighted by molar-refractivity contribution is 7.99. The Bertz CT molecular complexity index is 785. The Morgan fingerprint density at radius 2 is 2.08 bits per heavy atom. The topological polar surface area (TPSA) is 97.1 Å². The summed E-state index contributed by atoms with van der Waals surface area (Å²) in [6.07, 6.45) is 0.358. The van der Waals surface area contributed by atoms with Crippen LogP contribution in [0.2, 0.25) is 0 Å². The van der Waals surface area contributed by atoms with Crippen molar-refractivity contribution in [2.24, 2.45) is 0 Å².